The van der Waals surface area contributed by atoms with E-state index >= 15 is 0 Å². The van der Waals surface area contributed by atoms with E-state index in [4.69, 9.17) is 4.74 Å². The smallest absolute Gasteiger partial charge is 0.253 e. The summed E-state index contributed by atoms with van der Waals surface area (Å²) in [5.41, 5.74) is 0. The van der Waals surface area contributed by atoms with Crippen LogP contribution in [0.2, 0.25) is 0 Å². The number of imide groups is 1. The molecule has 0 aromatic heterocycles. The largest absolute Gasteiger partial charge is 0.380 e. The number of hydrogen-bond acceptors (Lipinski definition) is 5. The topological polar surface area (TPSA) is 92.8 Å². The number of ether oxygens (including phenoxy) is 1. The van der Waals surface area contributed by atoms with E-state index in [1.807, 2.05) is 13.8 Å². The highest BCUT2D eigenvalue weighted by molar-refractivity contribution is 6.13. The first kappa shape index (κ1) is 19.0. The second-order valence-electron chi connectivity index (χ2n) is 5.60. The van der Waals surface area contributed by atoms with Crippen molar-refractivity contribution in [3.05, 3.63) is 12.2 Å². The SMILES string of the molecule is CC(C)C(=O)CCCOCCNC(=O)CCN1C(=O)C=CC1=O. The first-order chi connectivity index (χ1) is 10.9. The molecule has 7 heteroatoms. The van der Waals surface area contributed by atoms with Crippen LogP contribution in [0.15, 0.2) is 12.2 Å². The zero-order valence-corrected chi connectivity index (χ0v) is 13.7. The maximum atomic E-state index is 11.6. The Labute approximate surface area is 136 Å². The van der Waals surface area contributed by atoms with E-state index in [9.17, 15) is 19.2 Å². The van der Waals surface area contributed by atoms with E-state index in [1.54, 1.807) is 0 Å². The minimum Gasteiger partial charge on any atom is -0.380 e. The average Bonchev–Trinajstić information content (AvgIpc) is 2.82. The lowest BCUT2D eigenvalue weighted by Crippen LogP contribution is -2.35. The van der Waals surface area contributed by atoms with Gasteiger partial charge in [-0.15, -0.1) is 0 Å². The van der Waals surface area contributed by atoms with Crippen molar-refractivity contribution < 1.29 is 23.9 Å². The van der Waals surface area contributed by atoms with E-state index in [1.165, 1.54) is 12.2 Å². The summed E-state index contributed by atoms with van der Waals surface area (Å²) in [7, 11) is 0. The van der Waals surface area contributed by atoms with E-state index in [0.29, 0.717) is 32.6 Å². The molecule has 1 aliphatic rings. The molecule has 0 aromatic carbocycles. The van der Waals surface area contributed by atoms with Crippen LogP contribution in [-0.4, -0.2) is 54.7 Å². The summed E-state index contributed by atoms with van der Waals surface area (Å²) >= 11 is 0. The minimum atomic E-state index is -0.387. The standard InChI is InChI=1S/C16H24N2O5/c1-12(2)13(19)4-3-10-23-11-8-17-14(20)7-9-18-15(21)5-6-16(18)22/h5-6,12H,3-4,7-11H2,1-2H3,(H,17,20). The number of nitrogens with one attached hydrogen (secondary N) is 1. The fraction of sp³-hybridized carbons (Fsp3) is 0.625. The average molecular weight is 324 g/mol. The number of carbonyl (C=O) groups excluding carboxylic acids is 4. The van der Waals surface area contributed by atoms with Crippen molar-refractivity contribution in [3.8, 4) is 0 Å². The molecule has 0 spiro atoms. The zero-order valence-electron chi connectivity index (χ0n) is 13.7. The number of rotatable bonds is 11. The van der Waals surface area contributed by atoms with Gasteiger partial charge in [0.15, 0.2) is 0 Å². The minimum absolute atomic E-state index is 0.0545. The van der Waals surface area contributed by atoms with Gasteiger partial charge in [-0.2, -0.15) is 0 Å². The van der Waals surface area contributed by atoms with Crippen molar-refractivity contribution in [1.29, 1.82) is 0 Å². The van der Waals surface area contributed by atoms with E-state index in [2.05, 4.69) is 5.32 Å². The van der Waals surface area contributed by atoms with Gasteiger partial charge in [0, 0.05) is 50.6 Å². The van der Waals surface area contributed by atoms with Gasteiger partial charge in [0.2, 0.25) is 5.91 Å². The predicted octanol–water partition coefficient (Wildman–Crippen LogP) is 0.440. The van der Waals surface area contributed by atoms with Gasteiger partial charge < -0.3 is 10.1 Å². The zero-order chi connectivity index (χ0) is 17.2. The van der Waals surface area contributed by atoms with Crippen LogP contribution in [0.5, 0.6) is 0 Å². The first-order valence-electron chi connectivity index (χ1n) is 7.82. The van der Waals surface area contributed by atoms with Crippen LogP contribution < -0.4 is 5.32 Å². The molecule has 0 aliphatic carbocycles. The summed E-state index contributed by atoms with van der Waals surface area (Å²) in [6, 6.07) is 0. The molecule has 1 aliphatic heterocycles. The molecule has 0 aromatic rings. The summed E-state index contributed by atoms with van der Waals surface area (Å²) in [4.78, 5) is 46.6. The number of Topliss-reactive ketones (excluding diaryl/α,β-unsaturated/α-hetero) is 1. The van der Waals surface area contributed by atoms with Gasteiger partial charge in [-0.3, -0.25) is 24.1 Å². The Bertz CT molecular complexity index is 467. The van der Waals surface area contributed by atoms with Gasteiger partial charge in [0.25, 0.3) is 11.8 Å². The van der Waals surface area contributed by atoms with Crippen molar-refractivity contribution in [2.45, 2.75) is 33.1 Å². The van der Waals surface area contributed by atoms with Gasteiger partial charge in [-0.25, -0.2) is 0 Å². The molecular formula is C16H24N2O5. The van der Waals surface area contributed by atoms with Crippen LogP contribution in [0.25, 0.3) is 0 Å². The fourth-order valence-electron chi connectivity index (χ4n) is 1.96. The van der Waals surface area contributed by atoms with E-state index in [0.717, 1.165) is 4.90 Å². The molecule has 3 amide bonds. The maximum absolute atomic E-state index is 11.6. The Morgan fingerprint density at radius 2 is 1.78 bits per heavy atom. The lowest BCUT2D eigenvalue weighted by atomic mass is 10.1. The molecule has 7 nitrogen and oxygen atoms in total. The van der Waals surface area contributed by atoms with Crippen LogP contribution in [0.3, 0.4) is 0 Å². The van der Waals surface area contributed by atoms with Gasteiger partial charge in [-0.05, 0) is 6.42 Å². The highest BCUT2D eigenvalue weighted by Crippen LogP contribution is 2.04. The summed E-state index contributed by atoms with van der Waals surface area (Å²) in [6.45, 7) is 5.03. The summed E-state index contributed by atoms with van der Waals surface area (Å²) < 4.78 is 5.33. The van der Waals surface area contributed by atoms with Crippen molar-refractivity contribution in [1.82, 2.24) is 10.2 Å². The van der Waals surface area contributed by atoms with Crippen molar-refractivity contribution in [2.24, 2.45) is 5.92 Å². The Kier molecular flexibility index (Phi) is 8.18. The van der Waals surface area contributed by atoms with Crippen molar-refractivity contribution >= 4 is 23.5 Å². The molecule has 0 fully saturated rings. The monoisotopic (exact) mass is 324 g/mol. The third kappa shape index (κ3) is 7.19. The van der Waals surface area contributed by atoms with Gasteiger partial charge in [0.05, 0.1) is 6.61 Å². The molecule has 0 atom stereocenters. The molecule has 0 radical (unpaired) electrons. The molecule has 1 heterocycles. The number of amides is 3. The fourth-order valence-corrected chi connectivity index (χ4v) is 1.96. The first-order valence-corrected chi connectivity index (χ1v) is 7.82. The Balaban J connectivity index is 1.99. The van der Waals surface area contributed by atoms with Crippen LogP contribution >= 0.6 is 0 Å². The highest BCUT2D eigenvalue weighted by Gasteiger charge is 2.23. The Morgan fingerprint density at radius 1 is 1.13 bits per heavy atom. The van der Waals surface area contributed by atoms with Crippen molar-refractivity contribution in [3.63, 3.8) is 0 Å². The number of ketones is 1. The molecule has 1 N–H and O–H groups in total. The lowest BCUT2D eigenvalue weighted by Gasteiger charge is -2.13. The maximum Gasteiger partial charge on any atom is 0.253 e. The quantitative estimate of drug-likeness (QED) is 0.440. The van der Waals surface area contributed by atoms with Gasteiger partial charge >= 0.3 is 0 Å². The lowest BCUT2D eigenvalue weighted by molar-refractivity contribution is -0.137. The van der Waals surface area contributed by atoms with Crippen LogP contribution in [0, 0.1) is 5.92 Å². The van der Waals surface area contributed by atoms with E-state index < -0.39 is 0 Å². The van der Waals surface area contributed by atoms with Crippen LogP contribution in [0.4, 0.5) is 0 Å². The van der Waals surface area contributed by atoms with E-state index in [-0.39, 0.29) is 42.4 Å². The molecule has 0 unspecified atom stereocenters. The Hall–Kier alpha value is -2.02. The molecule has 1 rings (SSSR count). The number of hydrogen-bond donors (Lipinski definition) is 1. The Morgan fingerprint density at radius 3 is 2.39 bits per heavy atom. The number of nitrogens with zero attached hydrogens (tertiary/aromatic N) is 1. The highest BCUT2D eigenvalue weighted by atomic mass is 16.5. The second kappa shape index (κ2) is 9.89. The normalized spacial score (nSPS) is 14.0. The van der Waals surface area contributed by atoms with Gasteiger partial charge in [0.1, 0.15) is 5.78 Å². The summed E-state index contributed by atoms with van der Waals surface area (Å²) in [6.07, 6.45) is 3.64. The van der Waals surface area contributed by atoms with Crippen molar-refractivity contribution in [2.75, 3.05) is 26.3 Å². The molecule has 0 saturated carbocycles. The molecule has 23 heavy (non-hydrogen) atoms. The third-order valence-corrected chi connectivity index (χ3v) is 3.39. The van der Waals surface area contributed by atoms with Gasteiger partial charge in [-0.1, -0.05) is 13.8 Å². The van der Waals surface area contributed by atoms with Crippen LogP contribution in [-0.2, 0) is 23.9 Å². The molecule has 0 saturated heterocycles. The third-order valence-electron chi connectivity index (χ3n) is 3.39. The molecular weight excluding hydrogens is 300 g/mol. The van der Waals surface area contributed by atoms with Crippen LogP contribution in [0.1, 0.15) is 33.1 Å². The number of carbonyl (C=O) groups is 4. The second-order valence-corrected chi connectivity index (χ2v) is 5.60. The molecule has 0 bridgehead atoms. The summed E-state index contributed by atoms with van der Waals surface area (Å²) in [5, 5.41) is 2.65. The summed E-state index contributed by atoms with van der Waals surface area (Å²) in [5.74, 6) is -0.735. The predicted molar refractivity (Wildman–Crippen MR) is 83.4 cm³/mol. The molecule has 128 valence electrons.